The van der Waals surface area contributed by atoms with Gasteiger partial charge in [-0.2, -0.15) is 0 Å². The summed E-state index contributed by atoms with van der Waals surface area (Å²) in [6.07, 6.45) is 0.304. The molecule has 0 saturated carbocycles. The number of hydrogen-bond donors (Lipinski definition) is 3. The number of hydrogen-bond acceptors (Lipinski definition) is 5. The minimum Gasteiger partial charge on any atom is -0.496 e. The number of fused-ring (bicyclic) bond motifs is 1. The molecule has 0 aliphatic carbocycles. The van der Waals surface area contributed by atoms with Crippen LogP contribution in [0.5, 0.6) is 5.75 Å². The molecule has 0 spiro atoms. The number of rotatable bonds is 4. The Morgan fingerprint density at radius 3 is 2.24 bits per heavy atom. The third-order valence-electron chi connectivity index (χ3n) is 5.33. The summed E-state index contributed by atoms with van der Waals surface area (Å²) < 4.78 is 9.35. The molecule has 0 fully saturated rings. The van der Waals surface area contributed by atoms with E-state index in [1.54, 1.807) is 14.0 Å². The fourth-order valence-electron chi connectivity index (χ4n) is 3.36. The molecule has 2 atom stereocenters. The van der Waals surface area contributed by atoms with Gasteiger partial charge in [-0.05, 0) is 49.1 Å². The highest BCUT2D eigenvalue weighted by Crippen LogP contribution is 2.14. The van der Waals surface area contributed by atoms with E-state index in [0.29, 0.717) is 6.54 Å². The molecule has 0 bridgehead atoms. The molecule has 1 aliphatic heterocycles. The molecule has 3 N–H and O–H groups in total. The molecule has 6 heteroatoms. The van der Waals surface area contributed by atoms with Crippen LogP contribution in [-0.4, -0.2) is 44.1 Å². The smallest absolute Gasteiger partial charge is 0.251 e. The van der Waals surface area contributed by atoms with Gasteiger partial charge in [0, 0.05) is 33.2 Å². The number of carbonyl (C=O) groups is 1. The summed E-state index contributed by atoms with van der Waals surface area (Å²) in [5.41, 5.74) is 4.30. The van der Waals surface area contributed by atoms with Crippen LogP contribution in [0.3, 0.4) is 0 Å². The SMILES string of the molecule is COC(C)O.COc1ccccc1C.O=C1NCC(Cc2ccccc2)NCc2ccccc21.[HH]. The van der Waals surface area contributed by atoms with E-state index >= 15 is 0 Å². The molecule has 3 aromatic rings. The van der Waals surface area contributed by atoms with Crippen molar-refractivity contribution in [3.8, 4) is 5.75 Å². The van der Waals surface area contributed by atoms with Crippen LogP contribution in [0.2, 0.25) is 0 Å². The quantitative estimate of drug-likeness (QED) is 0.498. The Morgan fingerprint density at radius 2 is 1.62 bits per heavy atom. The Morgan fingerprint density at radius 1 is 1.00 bits per heavy atom. The van der Waals surface area contributed by atoms with Crippen LogP contribution in [0.15, 0.2) is 78.9 Å². The summed E-state index contributed by atoms with van der Waals surface area (Å²) in [7, 11) is 3.13. The molecule has 2 unspecified atom stereocenters. The van der Waals surface area contributed by atoms with E-state index in [1.165, 1.54) is 18.2 Å². The van der Waals surface area contributed by atoms with Crippen LogP contribution in [-0.2, 0) is 17.7 Å². The van der Waals surface area contributed by atoms with Gasteiger partial charge in [-0.15, -0.1) is 0 Å². The van der Waals surface area contributed by atoms with Gasteiger partial charge in [-0.1, -0.05) is 66.7 Å². The van der Waals surface area contributed by atoms with E-state index in [1.807, 2.05) is 73.7 Å². The number of carbonyl (C=O) groups excluding carboxylic acids is 1. The average Bonchev–Trinajstić information content (AvgIpc) is 2.86. The number of nitrogens with one attached hydrogen (secondary N) is 2. The van der Waals surface area contributed by atoms with Crippen molar-refractivity contribution < 1.29 is 20.8 Å². The topological polar surface area (TPSA) is 79.8 Å². The van der Waals surface area contributed by atoms with Gasteiger partial charge in [0.2, 0.25) is 0 Å². The first-order valence-corrected chi connectivity index (χ1v) is 11.4. The summed E-state index contributed by atoms with van der Waals surface area (Å²) in [6, 6.07) is 26.3. The second kappa shape index (κ2) is 14.9. The predicted molar refractivity (Wildman–Crippen MR) is 138 cm³/mol. The summed E-state index contributed by atoms with van der Waals surface area (Å²) in [6.45, 7) is 4.97. The van der Waals surface area contributed by atoms with Crippen molar-refractivity contribution in [1.82, 2.24) is 10.6 Å². The highest BCUT2D eigenvalue weighted by molar-refractivity contribution is 5.95. The lowest BCUT2D eigenvalue weighted by Gasteiger charge is -2.23. The number of benzene rings is 3. The Hall–Kier alpha value is -3.19. The van der Waals surface area contributed by atoms with Crippen LogP contribution < -0.4 is 15.4 Å². The summed E-state index contributed by atoms with van der Waals surface area (Å²) in [5, 5.41) is 14.7. The van der Waals surface area contributed by atoms with Gasteiger partial charge in [-0.3, -0.25) is 4.79 Å². The maximum atomic E-state index is 12.1. The second-order valence-electron chi connectivity index (χ2n) is 7.94. The molecule has 6 nitrogen and oxygen atoms in total. The van der Waals surface area contributed by atoms with Gasteiger partial charge in [0.25, 0.3) is 5.91 Å². The van der Waals surface area contributed by atoms with Crippen LogP contribution in [0.4, 0.5) is 0 Å². The highest BCUT2D eigenvalue weighted by Gasteiger charge is 2.18. The lowest BCUT2D eigenvalue weighted by Crippen LogP contribution is -2.44. The number of aryl methyl sites for hydroxylation is 1. The molecule has 184 valence electrons. The molecule has 1 heterocycles. The van der Waals surface area contributed by atoms with Crippen molar-refractivity contribution in [2.75, 3.05) is 20.8 Å². The lowest BCUT2D eigenvalue weighted by molar-refractivity contribution is -0.0584. The van der Waals surface area contributed by atoms with E-state index in [-0.39, 0.29) is 13.4 Å². The second-order valence-corrected chi connectivity index (χ2v) is 7.94. The molecular formula is C28H38N2O4. The Balaban J connectivity index is 0.000000341. The average molecular weight is 467 g/mol. The summed E-state index contributed by atoms with van der Waals surface area (Å²) in [5.74, 6) is 0.984. The highest BCUT2D eigenvalue weighted by atomic mass is 16.6. The zero-order valence-corrected chi connectivity index (χ0v) is 20.5. The molecule has 3 aromatic carbocycles. The van der Waals surface area contributed by atoms with Crippen molar-refractivity contribution in [2.24, 2.45) is 0 Å². The normalized spacial score (nSPS) is 15.6. The molecule has 1 amide bonds. The molecule has 1 aliphatic rings. The zero-order valence-electron chi connectivity index (χ0n) is 20.5. The number of methoxy groups -OCH3 is 2. The van der Waals surface area contributed by atoms with E-state index in [9.17, 15) is 4.79 Å². The third kappa shape index (κ3) is 9.35. The number of ether oxygens (including phenoxy) is 2. The lowest BCUT2D eigenvalue weighted by atomic mass is 10.0. The van der Waals surface area contributed by atoms with Crippen LogP contribution >= 0.6 is 0 Å². The van der Waals surface area contributed by atoms with Crippen molar-refractivity contribution in [3.05, 3.63) is 101 Å². The van der Waals surface area contributed by atoms with Crippen molar-refractivity contribution in [1.29, 1.82) is 0 Å². The minimum atomic E-state index is -0.616. The number of aliphatic hydroxyl groups is 1. The molecular weight excluding hydrogens is 428 g/mol. The van der Waals surface area contributed by atoms with E-state index < -0.39 is 6.29 Å². The summed E-state index contributed by atoms with van der Waals surface area (Å²) >= 11 is 0. The van der Waals surface area contributed by atoms with Crippen LogP contribution in [0, 0.1) is 6.92 Å². The van der Waals surface area contributed by atoms with Crippen LogP contribution in [0.25, 0.3) is 0 Å². The number of amides is 1. The molecule has 0 saturated heterocycles. The van der Waals surface area contributed by atoms with E-state index in [4.69, 9.17) is 9.84 Å². The number of para-hydroxylation sites is 1. The minimum absolute atomic E-state index is 0. The van der Waals surface area contributed by atoms with Crippen molar-refractivity contribution in [2.45, 2.75) is 39.1 Å². The van der Waals surface area contributed by atoms with Crippen LogP contribution in [0.1, 0.15) is 35.4 Å². The standard InChI is InChI=1S/C17H18N2O.C8H10O.C3H8O2.H2/c20-17-16-9-5-4-8-14(16)11-18-15(12-19-17)10-13-6-2-1-3-7-13;1-7-5-3-4-6-8(7)9-2;1-3(4)5-2;/h1-9,15,18H,10-12H2,(H,19,20);3-6H,1-2H3;3-4H,1-2H3;1H. The Bertz CT molecular complexity index is 999. The van der Waals surface area contributed by atoms with E-state index in [0.717, 1.165) is 29.8 Å². The first-order chi connectivity index (χ1) is 16.4. The van der Waals surface area contributed by atoms with Crippen molar-refractivity contribution in [3.63, 3.8) is 0 Å². The maximum absolute atomic E-state index is 12.1. The van der Waals surface area contributed by atoms with Gasteiger partial charge in [0.1, 0.15) is 5.75 Å². The van der Waals surface area contributed by atoms with Gasteiger partial charge in [-0.25, -0.2) is 0 Å². The zero-order chi connectivity index (χ0) is 24.8. The number of aliphatic hydroxyl groups excluding tert-OH is 1. The molecule has 4 rings (SSSR count). The Labute approximate surface area is 204 Å². The van der Waals surface area contributed by atoms with Crippen molar-refractivity contribution >= 4 is 5.91 Å². The summed E-state index contributed by atoms with van der Waals surface area (Å²) in [4.78, 5) is 12.1. The largest absolute Gasteiger partial charge is 0.496 e. The maximum Gasteiger partial charge on any atom is 0.251 e. The monoisotopic (exact) mass is 466 g/mol. The fraction of sp³-hybridized carbons (Fsp3) is 0.321. The van der Waals surface area contributed by atoms with Gasteiger partial charge >= 0.3 is 0 Å². The predicted octanol–water partition coefficient (Wildman–Crippen LogP) is 4.35. The van der Waals surface area contributed by atoms with E-state index in [2.05, 4.69) is 27.5 Å². The molecule has 0 aromatic heterocycles. The fourth-order valence-corrected chi connectivity index (χ4v) is 3.36. The third-order valence-corrected chi connectivity index (χ3v) is 5.33. The first kappa shape index (κ1) is 27.1. The van der Waals surface area contributed by atoms with Gasteiger partial charge < -0.3 is 25.2 Å². The molecule has 0 radical (unpaired) electrons. The first-order valence-electron chi connectivity index (χ1n) is 11.4. The van der Waals surface area contributed by atoms with Gasteiger partial charge in [0.15, 0.2) is 6.29 Å². The molecule has 34 heavy (non-hydrogen) atoms. The Kier molecular flexibility index (Phi) is 11.8. The van der Waals surface area contributed by atoms with Gasteiger partial charge in [0.05, 0.1) is 7.11 Å².